The van der Waals surface area contributed by atoms with E-state index in [9.17, 15) is 4.79 Å². The van der Waals surface area contributed by atoms with Crippen molar-refractivity contribution in [3.8, 4) is 0 Å². The van der Waals surface area contributed by atoms with Crippen LogP contribution < -0.4 is 10.6 Å². The first-order valence-corrected chi connectivity index (χ1v) is 8.19. The summed E-state index contributed by atoms with van der Waals surface area (Å²) in [6.45, 7) is 7.84. The average molecular weight is 282 g/mol. The fourth-order valence-corrected chi connectivity index (χ4v) is 3.47. The molecule has 0 aromatic carbocycles. The maximum absolute atomic E-state index is 12.3. The molecule has 0 bridgehead atoms. The largest absolute Gasteiger partial charge is 0.376 e. The molecular weight excluding hydrogens is 252 g/mol. The number of hydrogen-bond donors (Lipinski definition) is 2. The van der Waals surface area contributed by atoms with Crippen LogP contribution in [0.15, 0.2) is 0 Å². The van der Waals surface area contributed by atoms with Crippen LogP contribution in [0.1, 0.15) is 52.4 Å². The molecule has 1 saturated carbocycles. The van der Waals surface area contributed by atoms with Crippen LogP contribution in [0.3, 0.4) is 0 Å². The lowest BCUT2D eigenvalue weighted by atomic mass is 9.68. The highest BCUT2D eigenvalue weighted by atomic mass is 16.5. The molecule has 1 heterocycles. The molecule has 1 unspecified atom stereocenters. The first-order valence-electron chi connectivity index (χ1n) is 8.19. The minimum absolute atomic E-state index is 0.151. The van der Waals surface area contributed by atoms with E-state index in [1.54, 1.807) is 0 Å². The molecule has 1 atom stereocenters. The summed E-state index contributed by atoms with van der Waals surface area (Å²) in [6.07, 6.45) is 7.19. The zero-order valence-electron chi connectivity index (χ0n) is 13.0. The van der Waals surface area contributed by atoms with E-state index in [-0.39, 0.29) is 17.2 Å². The second-order valence-electron chi connectivity index (χ2n) is 6.90. The van der Waals surface area contributed by atoms with Gasteiger partial charge in [-0.3, -0.25) is 4.79 Å². The van der Waals surface area contributed by atoms with Crippen LogP contribution in [0.4, 0.5) is 0 Å². The molecule has 0 radical (unpaired) electrons. The van der Waals surface area contributed by atoms with Gasteiger partial charge in [-0.1, -0.05) is 26.7 Å². The van der Waals surface area contributed by atoms with Crippen LogP contribution in [-0.4, -0.2) is 38.3 Å². The van der Waals surface area contributed by atoms with Crippen LogP contribution >= 0.6 is 0 Å². The van der Waals surface area contributed by atoms with E-state index < -0.39 is 0 Å². The van der Waals surface area contributed by atoms with E-state index in [0.717, 1.165) is 38.8 Å². The molecule has 2 aliphatic rings. The summed E-state index contributed by atoms with van der Waals surface area (Å²) in [5, 5.41) is 6.39. The molecule has 0 aromatic heterocycles. The Labute approximate surface area is 123 Å². The minimum Gasteiger partial charge on any atom is -0.376 e. The number of ether oxygens (including phenoxy) is 1. The second-order valence-corrected chi connectivity index (χ2v) is 6.90. The highest BCUT2D eigenvalue weighted by molar-refractivity contribution is 5.79. The van der Waals surface area contributed by atoms with Gasteiger partial charge < -0.3 is 15.4 Å². The van der Waals surface area contributed by atoms with Crippen molar-refractivity contribution in [2.24, 2.45) is 11.3 Å². The maximum atomic E-state index is 12.3. The van der Waals surface area contributed by atoms with Gasteiger partial charge in [-0.15, -0.1) is 0 Å². The Kier molecular flexibility index (Phi) is 5.85. The third kappa shape index (κ3) is 4.45. The molecule has 2 N–H and O–H groups in total. The number of nitrogens with one attached hydrogen (secondary N) is 2. The zero-order valence-corrected chi connectivity index (χ0v) is 13.0. The van der Waals surface area contributed by atoms with Gasteiger partial charge in [0.2, 0.25) is 5.91 Å². The summed E-state index contributed by atoms with van der Waals surface area (Å²) in [4.78, 5) is 12.3. The third-order valence-corrected chi connectivity index (χ3v) is 4.86. The fraction of sp³-hybridized carbons (Fsp3) is 0.938. The summed E-state index contributed by atoms with van der Waals surface area (Å²) >= 11 is 0. The predicted octanol–water partition coefficient (Wildman–Crippen LogP) is 2.09. The van der Waals surface area contributed by atoms with Crippen molar-refractivity contribution >= 4 is 5.91 Å². The van der Waals surface area contributed by atoms with Crippen LogP contribution in [-0.2, 0) is 9.53 Å². The molecule has 1 saturated heterocycles. The highest BCUT2D eigenvalue weighted by Gasteiger charge is 2.36. The first kappa shape index (κ1) is 15.8. The molecule has 116 valence electrons. The lowest BCUT2D eigenvalue weighted by Crippen LogP contribution is -2.42. The van der Waals surface area contributed by atoms with Crippen LogP contribution in [0.25, 0.3) is 0 Å². The second kappa shape index (κ2) is 7.41. The van der Waals surface area contributed by atoms with Crippen molar-refractivity contribution < 1.29 is 9.53 Å². The topological polar surface area (TPSA) is 50.4 Å². The first-order chi connectivity index (χ1) is 9.59. The molecule has 0 spiro atoms. The van der Waals surface area contributed by atoms with E-state index >= 15 is 0 Å². The van der Waals surface area contributed by atoms with Gasteiger partial charge in [-0.2, -0.15) is 0 Å². The van der Waals surface area contributed by atoms with E-state index in [2.05, 4.69) is 24.5 Å². The monoisotopic (exact) mass is 282 g/mol. The van der Waals surface area contributed by atoms with Gasteiger partial charge in [0.05, 0.1) is 12.7 Å². The molecule has 4 nitrogen and oxygen atoms in total. The van der Waals surface area contributed by atoms with Crippen LogP contribution in [0, 0.1) is 11.3 Å². The summed E-state index contributed by atoms with van der Waals surface area (Å²) in [7, 11) is 0. The van der Waals surface area contributed by atoms with Crippen molar-refractivity contribution in [1.82, 2.24) is 10.6 Å². The summed E-state index contributed by atoms with van der Waals surface area (Å²) < 4.78 is 5.82. The van der Waals surface area contributed by atoms with Gasteiger partial charge in [0, 0.05) is 12.5 Å². The van der Waals surface area contributed by atoms with Gasteiger partial charge in [0.15, 0.2) is 0 Å². The standard InChI is InChI=1S/C16H30N2O2/c1-16(2)8-4-3-5-14(16)15(19)18-11-12-20-13-6-9-17-10-7-13/h13-14,17H,3-12H2,1-2H3,(H,18,19). The van der Waals surface area contributed by atoms with Crippen LogP contribution in [0.2, 0.25) is 0 Å². The lowest BCUT2D eigenvalue weighted by molar-refractivity contribution is -0.130. The summed E-state index contributed by atoms with van der Waals surface area (Å²) in [5.74, 6) is 0.402. The SMILES string of the molecule is CC1(C)CCCCC1C(=O)NCCOC1CCNCC1. The highest BCUT2D eigenvalue weighted by Crippen LogP contribution is 2.40. The van der Waals surface area contributed by atoms with Crippen molar-refractivity contribution in [3.05, 3.63) is 0 Å². The Hall–Kier alpha value is -0.610. The number of piperidine rings is 1. The van der Waals surface area contributed by atoms with E-state index in [1.807, 2.05) is 0 Å². The van der Waals surface area contributed by atoms with E-state index in [1.165, 1.54) is 12.8 Å². The number of hydrogen-bond acceptors (Lipinski definition) is 3. The Morgan fingerprint density at radius 1 is 1.25 bits per heavy atom. The Bertz CT molecular complexity index is 312. The van der Waals surface area contributed by atoms with Gasteiger partial charge in [0.1, 0.15) is 0 Å². The number of amides is 1. The van der Waals surface area contributed by atoms with E-state index in [0.29, 0.717) is 19.3 Å². The smallest absolute Gasteiger partial charge is 0.223 e. The summed E-state index contributed by atoms with van der Waals surface area (Å²) in [5.41, 5.74) is 0.151. The molecule has 4 heteroatoms. The van der Waals surface area contributed by atoms with Gasteiger partial charge in [-0.05, 0) is 44.2 Å². The van der Waals surface area contributed by atoms with Crippen molar-refractivity contribution in [1.29, 1.82) is 0 Å². The zero-order chi connectivity index (χ0) is 14.4. The molecule has 2 rings (SSSR count). The molecule has 1 amide bonds. The molecular formula is C16H30N2O2. The van der Waals surface area contributed by atoms with E-state index in [4.69, 9.17) is 4.74 Å². The maximum Gasteiger partial charge on any atom is 0.223 e. The Balaban J connectivity index is 1.64. The van der Waals surface area contributed by atoms with Crippen LogP contribution in [0.5, 0.6) is 0 Å². The molecule has 1 aliphatic carbocycles. The predicted molar refractivity (Wildman–Crippen MR) is 80.6 cm³/mol. The Morgan fingerprint density at radius 3 is 2.70 bits per heavy atom. The Morgan fingerprint density at radius 2 is 2.00 bits per heavy atom. The molecule has 1 aliphatic heterocycles. The number of rotatable bonds is 5. The minimum atomic E-state index is 0.151. The molecule has 2 fully saturated rings. The quantitative estimate of drug-likeness (QED) is 0.759. The van der Waals surface area contributed by atoms with Gasteiger partial charge >= 0.3 is 0 Å². The third-order valence-electron chi connectivity index (χ3n) is 4.86. The van der Waals surface area contributed by atoms with Gasteiger partial charge in [-0.25, -0.2) is 0 Å². The van der Waals surface area contributed by atoms with Crippen molar-refractivity contribution in [2.75, 3.05) is 26.2 Å². The normalized spacial score (nSPS) is 27.2. The number of carbonyl (C=O) groups is 1. The fourth-order valence-electron chi connectivity index (χ4n) is 3.47. The van der Waals surface area contributed by atoms with Crippen molar-refractivity contribution in [2.45, 2.75) is 58.5 Å². The molecule has 20 heavy (non-hydrogen) atoms. The van der Waals surface area contributed by atoms with Gasteiger partial charge in [0.25, 0.3) is 0 Å². The molecule has 0 aromatic rings. The summed E-state index contributed by atoms with van der Waals surface area (Å²) in [6, 6.07) is 0. The average Bonchev–Trinajstić information content (AvgIpc) is 2.44. The van der Waals surface area contributed by atoms with Crippen molar-refractivity contribution in [3.63, 3.8) is 0 Å². The lowest BCUT2D eigenvalue weighted by Gasteiger charge is -2.37. The number of carbonyl (C=O) groups excluding carboxylic acids is 1.